The first-order valence-corrected chi connectivity index (χ1v) is 8.34. The van der Waals surface area contributed by atoms with Gasteiger partial charge in [0, 0.05) is 6.07 Å². The fourth-order valence-corrected chi connectivity index (χ4v) is 2.53. The summed E-state index contributed by atoms with van der Waals surface area (Å²) in [5.74, 6) is -1.63. The maximum absolute atomic E-state index is 12.1. The van der Waals surface area contributed by atoms with E-state index in [0.717, 1.165) is 23.9 Å². The summed E-state index contributed by atoms with van der Waals surface area (Å²) in [4.78, 5) is 40.1. The van der Waals surface area contributed by atoms with Gasteiger partial charge in [0.05, 0.1) is 23.7 Å². The molecule has 0 aliphatic rings. The third-order valence-corrected chi connectivity index (χ3v) is 3.85. The first-order valence-electron chi connectivity index (χ1n) is 7.12. The van der Waals surface area contributed by atoms with Crippen LogP contribution in [0.3, 0.4) is 0 Å². The molecule has 2 rings (SSSR count). The lowest BCUT2D eigenvalue weighted by Gasteiger charge is -2.14. The number of hydrogen-bond acceptors (Lipinski definition) is 9. The maximum Gasteiger partial charge on any atom is 0.341 e. The van der Waals surface area contributed by atoms with Gasteiger partial charge in [0.15, 0.2) is 23.3 Å². The molecule has 1 heterocycles. The minimum Gasteiger partial charge on any atom is -0.493 e. The van der Waals surface area contributed by atoms with Gasteiger partial charge in [0.1, 0.15) is 17.3 Å². The van der Waals surface area contributed by atoms with Crippen molar-refractivity contribution in [2.75, 3.05) is 20.0 Å². The Balaban J connectivity index is 2.88. The number of nitrogens with one attached hydrogen (secondary N) is 1. The van der Waals surface area contributed by atoms with Gasteiger partial charge in [0.2, 0.25) is 0 Å². The number of hydrogen-bond donors (Lipinski definition) is 2. The monoisotopic (exact) mass is 392 g/mol. The number of nitriles is 1. The van der Waals surface area contributed by atoms with Crippen molar-refractivity contribution in [3.8, 4) is 28.8 Å². The molecule has 0 bridgehead atoms. The van der Waals surface area contributed by atoms with E-state index in [1.54, 1.807) is 12.3 Å². The minimum absolute atomic E-state index is 0.111. The highest BCUT2D eigenvalue weighted by Crippen LogP contribution is 2.41. The van der Waals surface area contributed by atoms with Gasteiger partial charge in [-0.3, -0.25) is 14.9 Å². The molecule has 12 heteroatoms. The summed E-state index contributed by atoms with van der Waals surface area (Å²) < 4.78 is 10.3. The molecule has 11 nitrogen and oxygen atoms in total. The molecule has 27 heavy (non-hydrogen) atoms. The Bertz CT molecular complexity index is 1010. The van der Waals surface area contributed by atoms with Crippen molar-refractivity contribution in [1.82, 2.24) is 9.97 Å². The molecule has 0 aliphatic carbocycles. The molecule has 1 aromatic carbocycles. The van der Waals surface area contributed by atoms with Crippen LogP contribution >= 0.6 is 11.8 Å². The topological polar surface area (TPSA) is 168 Å². The maximum atomic E-state index is 12.1. The lowest BCUT2D eigenvalue weighted by Crippen LogP contribution is -2.16. The van der Waals surface area contributed by atoms with Gasteiger partial charge in [0.25, 0.3) is 11.2 Å². The van der Waals surface area contributed by atoms with E-state index in [9.17, 15) is 25.0 Å². The zero-order chi connectivity index (χ0) is 20.1. The summed E-state index contributed by atoms with van der Waals surface area (Å²) in [6.07, 6.45) is 1.63. The normalized spacial score (nSPS) is 10.1. The standard InChI is InChI=1S/C15H12N4O7S/c1-25-10-4-7(19(23)24)3-8(13(10)26-6-11(20)21)12-9(5-16)14(22)18-15(17-12)27-2/h3-4H,6H2,1-2H3,(H,20,21)(H,17,18,22). The van der Waals surface area contributed by atoms with Gasteiger partial charge in [-0.2, -0.15) is 5.26 Å². The summed E-state index contributed by atoms with van der Waals surface area (Å²) >= 11 is 1.08. The van der Waals surface area contributed by atoms with Gasteiger partial charge in [-0.05, 0) is 6.26 Å². The zero-order valence-corrected chi connectivity index (χ0v) is 14.8. The van der Waals surface area contributed by atoms with E-state index in [0.29, 0.717) is 0 Å². The molecule has 0 amide bonds. The van der Waals surface area contributed by atoms with Crippen molar-refractivity contribution in [3.05, 3.63) is 38.2 Å². The molecule has 1 aromatic heterocycles. The van der Waals surface area contributed by atoms with Crippen LogP contribution in [-0.4, -0.2) is 45.9 Å². The van der Waals surface area contributed by atoms with E-state index in [-0.39, 0.29) is 27.9 Å². The molecule has 0 aliphatic heterocycles. The Morgan fingerprint density at radius 2 is 2.22 bits per heavy atom. The molecule has 0 radical (unpaired) electrons. The summed E-state index contributed by atoms with van der Waals surface area (Å²) in [7, 11) is 1.21. The quantitative estimate of drug-likeness (QED) is 0.304. The molecule has 0 fully saturated rings. The number of thioether (sulfide) groups is 1. The van der Waals surface area contributed by atoms with Crippen LogP contribution < -0.4 is 15.0 Å². The van der Waals surface area contributed by atoms with Gasteiger partial charge in [-0.25, -0.2) is 9.78 Å². The van der Waals surface area contributed by atoms with Crippen LogP contribution in [0.15, 0.2) is 22.1 Å². The number of ether oxygens (including phenoxy) is 2. The van der Waals surface area contributed by atoms with Crippen LogP contribution in [0.25, 0.3) is 11.3 Å². The highest BCUT2D eigenvalue weighted by Gasteiger charge is 2.25. The van der Waals surface area contributed by atoms with Crippen molar-refractivity contribution < 1.29 is 24.3 Å². The van der Waals surface area contributed by atoms with Gasteiger partial charge < -0.3 is 19.6 Å². The number of methoxy groups -OCH3 is 1. The summed E-state index contributed by atoms with van der Waals surface area (Å²) in [6.45, 7) is -0.776. The molecular weight excluding hydrogens is 380 g/mol. The number of nitro groups is 1. The number of non-ortho nitro benzene ring substituents is 1. The summed E-state index contributed by atoms with van der Waals surface area (Å²) in [6, 6.07) is 3.77. The SMILES string of the molecule is COc1cc([N+](=O)[O-])cc(-c2nc(SC)[nH]c(=O)c2C#N)c1OCC(=O)O. The van der Waals surface area contributed by atoms with E-state index in [2.05, 4.69) is 9.97 Å². The van der Waals surface area contributed by atoms with Crippen molar-refractivity contribution in [2.24, 2.45) is 0 Å². The van der Waals surface area contributed by atoms with Crippen LogP contribution in [0.2, 0.25) is 0 Å². The van der Waals surface area contributed by atoms with Crippen LogP contribution in [0.5, 0.6) is 11.5 Å². The number of rotatable bonds is 7. The first kappa shape index (κ1) is 19.7. The number of aliphatic carboxylic acids is 1. The van der Waals surface area contributed by atoms with Gasteiger partial charge >= 0.3 is 5.97 Å². The number of carbonyl (C=O) groups is 1. The van der Waals surface area contributed by atoms with E-state index in [1.165, 1.54) is 7.11 Å². The predicted octanol–water partition coefficient (Wildman–Crippen LogP) is 1.41. The summed E-state index contributed by atoms with van der Waals surface area (Å²) in [5, 5.41) is 29.6. The van der Waals surface area contributed by atoms with E-state index < -0.39 is 34.3 Å². The number of nitro benzene ring substituents is 1. The number of carboxylic acid groups (broad SMARTS) is 1. The predicted molar refractivity (Wildman–Crippen MR) is 93.1 cm³/mol. The molecule has 2 aromatic rings. The Hall–Kier alpha value is -3.59. The van der Waals surface area contributed by atoms with Crippen LogP contribution in [-0.2, 0) is 4.79 Å². The van der Waals surface area contributed by atoms with Gasteiger partial charge in [-0.15, -0.1) is 0 Å². The molecule has 0 spiro atoms. The molecule has 2 N–H and O–H groups in total. The summed E-state index contributed by atoms with van der Waals surface area (Å²) in [5.41, 5.74) is -1.87. The van der Waals surface area contributed by atoms with Crippen LogP contribution in [0, 0.1) is 21.4 Å². The van der Waals surface area contributed by atoms with Crippen molar-refractivity contribution >= 4 is 23.4 Å². The molecule has 0 saturated carbocycles. The highest BCUT2D eigenvalue weighted by atomic mass is 32.2. The second kappa shape index (κ2) is 8.19. The molecular formula is C15H12N4O7S. The third-order valence-electron chi connectivity index (χ3n) is 3.27. The Labute approximate surface area is 155 Å². The first-order chi connectivity index (χ1) is 12.8. The van der Waals surface area contributed by atoms with E-state index in [4.69, 9.17) is 14.6 Å². The number of H-pyrrole nitrogens is 1. The molecule has 0 unspecified atom stereocenters. The second-order valence-electron chi connectivity index (χ2n) is 4.87. The molecule has 0 atom stereocenters. The average Bonchev–Trinajstić information content (AvgIpc) is 2.64. The lowest BCUT2D eigenvalue weighted by atomic mass is 10.0. The Morgan fingerprint density at radius 1 is 1.52 bits per heavy atom. The van der Waals surface area contributed by atoms with E-state index in [1.807, 2.05) is 0 Å². The smallest absolute Gasteiger partial charge is 0.341 e. The second-order valence-corrected chi connectivity index (χ2v) is 5.67. The number of benzene rings is 1. The molecule has 140 valence electrons. The number of aromatic amines is 1. The minimum atomic E-state index is -1.30. The molecule has 0 saturated heterocycles. The lowest BCUT2D eigenvalue weighted by molar-refractivity contribution is -0.384. The van der Waals surface area contributed by atoms with Crippen LogP contribution in [0.4, 0.5) is 5.69 Å². The number of carboxylic acids is 1. The Kier molecular flexibility index (Phi) is 5.99. The zero-order valence-electron chi connectivity index (χ0n) is 14.0. The highest BCUT2D eigenvalue weighted by molar-refractivity contribution is 7.98. The third kappa shape index (κ3) is 4.15. The van der Waals surface area contributed by atoms with E-state index >= 15 is 0 Å². The van der Waals surface area contributed by atoms with Crippen molar-refractivity contribution in [1.29, 1.82) is 5.26 Å². The fourth-order valence-electron chi connectivity index (χ4n) is 2.15. The van der Waals surface area contributed by atoms with Crippen LogP contribution in [0.1, 0.15) is 5.56 Å². The van der Waals surface area contributed by atoms with Crippen molar-refractivity contribution in [2.45, 2.75) is 5.16 Å². The Morgan fingerprint density at radius 3 is 2.74 bits per heavy atom. The van der Waals surface area contributed by atoms with Crippen molar-refractivity contribution in [3.63, 3.8) is 0 Å². The number of aromatic nitrogens is 2. The average molecular weight is 392 g/mol. The fraction of sp³-hybridized carbons (Fsp3) is 0.200. The van der Waals surface area contributed by atoms with Gasteiger partial charge in [-0.1, -0.05) is 11.8 Å². The largest absolute Gasteiger partial charge is 0.493 e. The number of nitrogens with zero attached hydrogens (tertiary/aromatic N) is 3.